The number of aryl methyl sites for hydroxylation is 2. The number of aromatic nitrogens is 1. The molecule has 0 saturated heterocycles. The molecule has 0 aliphatic heterocycles. The van der Waals surface area contributed by atoms with Crippen molar-refractivity contribution in [1.29, 1.82) is 0 Å². The van der Waals surface area contributed by atoms with Crippen LogP contribution in [0.1, 0.15) is 18.1 Å². The highest BCUT2D eigenvalue weighted by molar-refractivity contribution is 5.86. The number of pyridine rings is 1. The van der Waals surface area contributed by atoms with Crippen molar-refractivity contribution in [1.82, 2.24) is 4.98 Å². The molecule has 15 heavy (non-hydrogen) atoms. The lowest BCUT2D eigenvalue weighted by Gasteiger charge is -2.08. The summed E-state index contributed by atoms with van der Waals surface area (Å²) in [4.78, 5) is 4.49. The van der Waals surface area contributed by atoms with Crippen LogP contribution in [0, 0.1) is 6.92 Å². The van der Waals surface area contributed by atoms with Gasteiger partial charge in [-0.2, -0.15) is 0 Å². The average Bonchev–Trinajstić information content (AvgIpc) is 2.28. The molecule has 0 radical (unpaired) electrons. The highest BCUT2D eigenvalue weighted by atomic mass is 15.2. The van der Waals surface area contributed by atoms with Crippen LogP contribution in [0.15, 0.2) is 24.3 Å². The Morgan fingerprint density at radius 3 is 2.87 bits per heavy atom. The van der Waals surface area contributed by atoms with Gasteiger partial charge in [-0.3, -0.25) is 0 Å². The Morgan fingerprint density at radius 1 is 1.40 bits per heavy atom. The highest BCUT2D eigenvalue weighted by Gasteiger charge is 2.04. The lowest BCUT2D eigenvalue weighted by Crippen LogP contribution is -2.09. The van der Waals surface area contributed by atoms with Crippen molar-refractivity contribution in [2.45, 2.75) is 20.3 Å². The predicted molar refractivity (Wildman–Crippen MR) is 63.7 cm³/mol. The van der Waals surface area contributed by atoms with Crippen LogP contribution in [0.2, 0.25) is 0 Å². The van der Waals surface area contributed by atoms with Crippen LogP contribution in [0.5, 0.6) is 0 Å². The highest BCUT2D eigenvalue weighted by Crippen LogP contribution is 2.23. The van der Waals surface area contributed by atoms with E-state index in [1.54, 1.807) is 0 Å². The number of hydrazine groups is 1. The predicted octanol–water partition coefficient (Wildman–Crippen LogP) is 2.39. The molecule has 0 aliphatic carbocycles. The van der Waals surface area contributed by atoms with E-state index in [4.69, 9.17) is 5.84 Å². The third kappa shape index (κ3) is 1.66. The summed E-state index contributed by atoms with van der Waals surface area (Å²) in [5.74, 6) is 6.11. The lowest BCUT2D eigenvalue weighted by atomic mass is 10.0. The molecule has 0 aliphatic rings. The minimum Gasteiger partial charge on any atom is -0.308 e. The van der Waals surface area contributed by atoms with E-state index in [1.165, 1.54) is 16.5 Å². The lowest BCUT2D eigenvalue weighted by molar-refractivity contribution is 1.14. The second-order valence-corrected chi connectivity index (χ2v) is 3.64. The molecule has 0 unspecified atom stereocenters. The van der Waals surface area contributed by atoms with Crippen molar-refractivity contribution in [3.63, 3.8) is 0 Å². The van der Waals surface area contributed by atoms with Gasteiger partial charge in [-0.25, -0.2) is 10.8 Å². The first-order chi connectivity index (χ1) is 7.26. The van der Waals surface area contributed by atoms with Crippen LogP contribution < -0.4 is 11.3 Å². The van der Waals surface area contributed by atoms with E-state index >= 15 is 0 Å². The van der Waals surface area contributed by atoms with Gasteiger partial charge in [-0.05, 0) is 30.5 Å². The first-order valence-electron chi connectivity index (χ1n) is 5.12. The molecule has 0 fully saturated rings. The number of nitrogen functional groups attached to an aromatic ring is 1. The number of anilines is 1. The van der Waals surface area contributed by atoms with Gasteiger partial charge in [0.2, 0.25) is 0 Å². The van der Waals surface area contributed by atoms with Gasteiger partial charge in [-0.15, -0.1) is 0 Å². The number of nitrogens with two attached hydrogens (primary N) is 1. The van der Waals surface area contributed by atoms with Gasteiger partial charge < -0.3 is 5.43 Å². The van der Waals surface area contributed by atoms with E-state index in [-0.39, 0.29) is 0 Å². The molecule has 0 atom stereocenters. The molecule has 78 valence electrons. The van der Waals surface area contributed by atoms with Gasteiger partial charge in [0.05, 0.1) is 5.52 Å². The van der Waals surface area contributed by atoms with E-state index in [2.05, 4.69) is 42.5 Å². The maximum absolute atomic E-state index is 5.39. The van der Waals surface area contributed by atoms with Crippen molar-refractivity contribution in [2.24, 2.45) is 5.84 Å². The molecule has 3 nitrogen and oxygen atoms in total. The van der Waals surface area contributed by atoms with Crippen molar-refractivity contribution in [3.8, 4) is 0 Å². The van der Waals surface area contributed by atoms with Gasteiger partial charge in [0.1, 0.15) is 5.82 Å². The first kappa shape index (κ1) is 9.93. The summed E-state index contributed by atoms with van der Waals surface area (Å²) in [6.45, 7) is 4.21. The third-order valence-corrected chi connectivity index (χ3v) is 2.66. The third-order valence-electron chi connectivity index (χ3n) is 2.66. The molecule has 0 bridgehead atoms. The summed E-state index contributed by atoms with van der Waals surface area (Å²) in [5, 5.41) is 1.20. The Bertz CT molecular complexity index is 491. The number of hydrogen-bond donors (Lipinski definition) is 2. The fourth-order valence-electron chi connectivity index (χ4n) is 1.84. The van der Waals surface area contributed by atoms with Gasteiger partial charge in [0.25, 0.3) is 0 Å². The summed E-state index contributed by atoms with van der Waals surface area (Å²) >= 11 is 0. The van der Waals surface area contributed by atoms with Gasteiger partial charge in [0.15, 0.2) is 0 Å². The number of nitrogens with one attached hydrogen (secondary N) is 1. The standard InChI is InChI=1S/C12H15N3/c1-3-9-5-4-6-10-8(2)7-11(15-13)14-12(9)10/h4-7H,3,13H2,1-2H3,(H,14,15). The Kier molecular flexibility index (Phi) is 2.56. The van der Waals surface area contributed by atoms with E-state index in [0.717, 1.165) is 17.8 Å². The summed E-state index contributed by atoms with van der Waals surface area (Å²) in [7, 11) is 0. The van der Waals surface area contributed by atoms with Crippen LogP contribution in [-0.4, -0.2) is 4.98 Å². The summed E-state index contributed by atoms with van der Waals surface area (Å²) in [6.07, 6.45) is 0.984. The van der Waals surface area contributed by atoms with E-state index in [9.17, 15) is 0 Å². The minimum atomic E-state index is 0.723. The maximum atomic E-state index is 5.39. The van der Waals surface area contributed by atoms with Crippen LogP contribution >= 0.6 is 0 Å². The van der Waals surface area contributed by atoms with Crippen LogP contribution in [-0.2, 0) is 6.42 Å². The monoisotopic (exact) mass is 201 g/mol. The zero-order valence-corrected chi connectivity index (χ0v) is 9.04. The Morgan fingerprint density at radius 2 is 2.20 bits per heavy atom. The smallest absolute Gasteiger partial charge is 0.140 e. The number of nitrogens with zero attached hydrogens (tertiary/aromatic N) is 1. The molecular formula is C12H15N3. The van der Waals surface area contributed by atoms with Crippen molar-refractivity contribution < 1.29 is 0 Å². The van der Waals surface area contributed by atoms with Gasteiger partial charge in [0, 0.05) is 5.39 Å². The zero-order chi connectivity index (χ0) is 10.8. The molecule has 3 N–H and O–H groups in total. The van der Waals surface area contributed by atoms with Gasteiger partial charge in [-0.1, -0.05) is 25.1 Å². The van der Waals surface area contributed by atoms with E-state index < -0.39 is 0 Å². The molecule has 2 aromatic rings. The average molecular weight is 201 g/mol. The Balaban J connectivity index is 2.79. The largest absolute Gasteiger partial charge is 0.308 e. The second-order valence-electron chi connectivity index (χ2n) is 3.64. The zero-order valence-electron chi connectivity index (χ0n) is 9.04. The number of hydrogen-bond acceptors (Lipinski definition) is 3. The van der Waals surface area contributed by atoms with Crippen molar-refractivity contribution in [3.05, 3.63) is 35.4 Å². The molecule has 1 heterocycles. The van der Waals surface area contributed by atoms with Gasteiger partial charge >= 0.3 is 0 Å². The van der Waals surface area contributed by atoms with E-state index in [0.29, 0.717) is 0 Å². The minimum absolute atomic E-state index is 0.723. The van der Waals surface area contributed by atoms with Crippen molar-refractivity contribution in [2.75, 3.05) is 5.43 Å². The normalized spacial score (nSPS) is 10.6. The van der Waals surface area contributed by atoms with Crippen molar-refractivity contribution >= 4 is 16.7 Å². The summed E-state index contributed by atoms with van der Waals surface area (Å²) in [5.41, 5.74) is 6.10. The first-order valence-corrected chi connectivity index (χ1v) is 5.12. The molecule has 2 rings (SSSR count). The molecule has 3 heteroatoms. The Hall–Kier alpha value is -1.61. The van der Waals surface area contributed by atoms with Crippen LogP contribution in [0.25, 0.3) is 10.9 Å². The number of fused-ring (bicyclic) bond motifs is 1. The second kappa shape index (κ2) is 3.87. The molecule has 0 amide bonds. The molecule has 1 aromatic heterocycles. The topological polar surface area (TPSA) is 50.9 Å². The fraction of sp³-hybridized carbons (Fsp3) is 0.250. The SMILES string of the molecule is CCc1cccc2c(C)cc(NN)nc12. The summed E-state index contributed by atoms with van der Waals surface area (Å²) < 4.78 is 0. The quantitative estimate of drug-likeness (QED) is 0.579. The van der Waals surface area contributed by atoms with Crippen LogP contribution in [0.4, 0.5) is 5.82 Å². The number of para-hydroxylation sites is 1. The fourth-order valence-corrected chi connectivity index (χ4v) is 1.84. The van der Waals surface area contributed by atoms with Crippen LogP contribution in [0.3, 0.4) is 0 Å². The van der Waals surface area contributed by atoms with E-state index in [1.807, 2.05) is 6.07 Å². The Labute approximate surface area is 89.3 Å². The number of benzene rings is 1. The summed E-state index contributed by atoms with van der Waals surface area (Å²) in [6, 6.07) is 8.24. The molecule has 0 saturated carbocycles. The molecule has 0 spiro atoms. The number of rotatable bonds is 2. The molecular weight excluding hydrogens is 186 g/mol. The maximum Gasteiger partial charge on any atom is 0.140 e. The molecule has 1 aromatic carbocycles.